The van der Waals surface area contributed by atoms with E-state index >= 15 is 0 Å². The Labute approximate surface area is 90.6 Å². The Kier molecular flexibility index (Phi) is 2.43. The van der Waals surface area contributed by atoms with Gasteiger partial charge in [0, 0.05) is 26.4 Å². The van der Waals surface area contributed by atoms with Gasteiger partial charge in [0.15, 0.2) is 5.82 Å². The molecule has 2 aromatic rings. The molecule has 2 rings (SSSR count). The Hall–Kier alpha value is -2.18. The molecule has 0 aliphatic heterocycles. The molecule has 84 valence electrons. The first kappa shape index (κ1) is 10.3. The molecular formula is C9H11N5O2. The first-order chi connectivity index (χ1) is 7.59. The molecule has 0 fully saturated rings. The van der Waals surface area contributed by atoms with E-state index in [0.29, 0.717) is 5.82 Å². The van der Waals surface area contributed by atoms with Crippen molar-refractivity contribution in [2.24, 2.45) is 14.1 Å². The molecule has 0 N–H and O–H groups in total. The summed E-state index contributed by atoms with van der Waals surface area (Å²) in [6.45, 7) is 0.128. The van der Waals surface area contributed by atoms with Gasteiger partial charge in [0.05, 0.1) is 6.54 Å². The summed E-state index contributed by atoms with van der Waals surface area (Å²) in [5, 5.41) is 7.52. The van der Waals surface area contributed by atoms with Gasteiger partial charge in [-0.1, -0.05) is 0 Å². The van der Waals surface area contributed by atoms with Crippen molar-refractivity contribution < 1.29 is 0 Å². The summed E-state index contributed by atoms with van der Waals surface area (Å²) >= 11 is 0. The van der Waals surface area contributed by atoms with Crippen LogP contribution in [-0.2, 0) is 20.6 Å². The summed E-state index contributed by atoms with van der Waals surface area (Å²) in [7, 11) is 3.35. The summed E-state index contributed by atoms with van der Waals surface area (Å²) in [6.07, 6.45) is 2.96. The van der Waals surface area contributed by atoms with E-state index in [2.05, 4.69) is 10.2 Å². The monoisotopic (exact) mass is 221 g/mol. The predicted octanol–water partition coefficient (Wildman–Crippen LogP) is -1.28. The number of aryl methyl sites for hydroxylation is 2. The number of nitrogens with zero attached hydrogens (tertiary/aromatic N) is 5. The fraction of sp³-hybridized carbons (Fsp3) is 0.333. The van der Waals surface area contributed by atoms with Crippen LogP contribution in [-0.4, -0.2) is 23.9 Å². The topological polar surface area (TPSA) is 74.7 Å². The largest absolute Gasteiger partial charge is 0.331 e. The molecule has 0 spiro atoms. The van der Waals surface area contributed by atoms with Gasteiger partial charge in [-0.05, 0) is 0 Å². The third-order valence-electron chi connectivity index (χ3n) is 2.34. The van der Waals surface area contributed by atoms with Crippen LogP contribution in [0.4, 0.5) is 0 Å². The molecule has 0 aromatic carbocycles. The van der Waals surface area contributed by atoms with E-state index in [9.17, 15) is 9.59 Å². The zero-order valence-corrected chi connectivity index (χ0v) is 8.99. The van der Waals surface area contributed by atoms with E-state index in [-0.39, 0.29) is 17.8 Å². The lowest BCUT2D eigenvalue weighted by Crippen LogP contribution is -2.38. The lowest BCUT2D eigenvalue weighted by molar-refractivity contribution is 0.604. The second-order valence-electron chi connectivity index (χ2n) is 3.49. The number of hydrogen-bond acceptors (Lipinski definition) is 4. The van der Waals surface area contributed by atoms with Crippen LogP contribution in [0.1, 0.15) is 5.82 Å². The maximum atomic E-state index is 11.7. The van der Waals surface area contributed by atoms with Crippen molar-refractivity contribution in [1.82, 2.24) is 23.9 Å². The Bertz CT molecular complexity index is 621. The van der Waals surface area contributed by atoms with Crippen LogP contribution >= 0.6 is 0 Å². The van der Waals surface area contributed by atoms with Gasteiger partial charge >= 0.3 is 5.69 Å². The SMILES string of the molecule is Cn1cnnc1Cn1c(=O)ccn(C)c1=O. The highest BCUT2D eigenvalue weighted by Gasteiger charge is 2.07. The number of rotatable bonds is 2. The number of aromatic nitrogens is 5. The molecule has 0 saturated carbocycles. The van der Waals surface area contributed by atoms with Crippen LogP contribution in [0.25, 0.3) is 0 Å². The highest BCUT2D eigenvalue weighted by Crippen LogP contribution is 1.91. The van der Waals surface area contributed by atoms with Crippen molar-refractivity contribution >= 4 is 0 Å². The minimum atomic E-state index is -0.365. The fourth-order valence-corrected chi connectivity index (χ4v) is 1.35. The molecule has 7 nitrogen and oxygen atoms in total. The molecule has 0 radical (unpaired) electrons. The normalized spacial score (nSPS) is 10.6. The van der Waals surface area contributed by atoms with Crippen molar-refractivity contribution in [2.45, 2.75) is 6.54 Å². The molecule has 0 saturated heterocycles. The summed E-state index contributed by atoms with van der Waals surface area (Å²) in [5.74, 6) is 0.561. The maximum absolute atomic E-state index is 11.7. The smallest absolute Gasteiger partial charge is 0.319 e. The Morgan fingerprint density at radius 1 is 1.25 bits per heavy atom. The first-order valence-electron chi connectivity index (χ1n) is 4.69. The zero-order valence-electron chi connectivity index (χ0n) is 8.99. The predicted molar refractivity (Wildman–Crippen MR) is 56.0 cm³/mol. The second-order valence-corrected chi connectivity index (χ2v) is 3.49. The van der Waals surface area contributed by atoms with Crippen molar-refractivity contribution in [3.63, 3.8) is 0 Å². The highest BCUT2D eigenvalue weighted by molar-refractivity contribution is 4.91. The minimum Gasteiger partial charge on any atom is -0.319 e. The van der Waals surface area contributed by atoms with Crippen molar-refractivity contribution in [3.05, 3.63) is 45.3 Å². The molecule has 0 aliphatic carbocycles. The number of hydrogen-bond donors (Lipinski definition) is 0. The molecule has 0 unspecified atom stereocenters. The summed E-state index contributed by atoms with van der Waals surface area (Å²) < 4.78 is 4.13. The molecule has 0 aliphatic rings. The molecule has 0 amide bonds. The van der Waals surface area contributed by atoms with Crippen LogP contribution in [0.2, 0.25) is 0 Å². The van der Waals surface area contributed by atoms with Gasteiger partial charge in [-0.15, -0.1) is 10.2 Å². The summed E-state index contributed by atoms with van der Waals surface area (Å²) in [5.41, 5.74) is -0.707. The average Bonchev–Trinajstić information content (AvgIpc) is 2.65. The van der Waals surface area contributed by atoms with Crippen molar-refractivity contribution in [3.8, 4) is 0 Å². The molecule has 16 heavy (non-hydrogen) atoms. The van der Waals surface area contributed by atoms with E-state index < -0.39 is 0 Å². The van der Waals surface area contributed by atoms with Crippen LogP contribution in [0.5, 0.6) is 0 Å². The minimum absolute atomic E-state index is 0.128. The van der Waals surface area contributed by atoms with Gasteiger partial charge < -0.3 is 9.13 Å². The molecule has 0 bridgehead atoms. The Morgan fingerprint density at radius 2 is 2.00 bits per heavy atom. The van der Waals surface area contributed by atoms with E-state index in [4.69, 9.17) is 0 Å². The fourth-order valence-electron chi connectivity index (χ4n) is 1.35. The van der Waals surface area contributed by atoms with Crippen molar-refractivity contribution in [1.29, 1.82) is 0 Å². The average molecular weight is 221 g/mol. The highest BCUT2D eigenvalue weighted by atomic mass is 16.2. The van der Waals surface area contributed by atoms with Gasteiger partial charge in [0.25, 0.3) is 5.56 Å². The lowest BCUT2D eigenvalue weighted by atomic mass is 10.5. The first-order valence-corrected chi connectivity index (χ1v) is 4.69. The molecule has 0 atom stereocenters. The van der Waals surface area contributed by atoms with Gasteiger partial charge in [-0.3, -0.25) is 9.36 Å². The Balaban J connectivity index is 2.51. The maximum Gasteiger partial charge on any atom is 0.331 e. The molecular weight excluding hydrogens is 210 g/mol. The summed E-state index contributed by atoms with van der Waals surface area (Å²) in [6, 6.07) is 1.35. The second kappa shape index (κ2) is 3.76. The molecule has 2 heterocycles. The van der Waals surface area contributed by atoms with Gasteiger partial charge in [0.1, 0.15) is 6.33 Å². The van der Waals surface area contributed by atoms with E-state index in [1.807, 2.05) is 0 Å². The van der Waals surface area contributed by atoms with Crippen LogP contribution < -0.4 is 11.2 Å². The van der Waals surface area contributed by atoms with E-state index in [1.54, 1.807) is 18.7 Å². The van der Waals surface area contributed by atoms with Crippen LogP contribution in [0.3, 0.4) is 0 Å². The van der Waals surface area contributed by atoms with Crippen LogP contribution in [0, 0.1) is 0 Å². The summed E-state index contributed by atoms with van der Waals surface area (Å²) in [4.78, 5) is 23.2. The Morgan fingerprint density at radius 3 is 2.62 bits per heavy atom. The van der Waals surface area contributed by atoms with E-state index in [1.165, 1.54) is 23.2 Å². The zero-order chi connectivity index (χ0) is 11.7. The van der Waals surface area contributed by atoms with Gasteiger partial charge in [0.2, 0.25) is 0 Å². The van der Waals surface area contributed by atoms with Crippen molar-refractivity contribution in [2.75, 3.05) is 0 Å². The van der Waals surface area contributed by atoms with Gasteiger partial charge in [-0.25, -0.2) is 4.79 Å². The third-order valence-corrected chi connectivity index (χ3v) is 2.34. The van der Waals surface area contributed by atoms with Gasteiger partial charge in [-0.2, -0.15) is 0 Å². The lowest BCUT2D eigenvalue weighted by Gasteiger charge is -2.05. The standard InChI is InChI=1S/C9H11N5O2/c1-12-4-3-8(15)14(9(12)16)5-7-11-10-6-13(7)2/h3-4,6H,5H2,1-2H3. The van der Waals surface area contributed by atoms with E-state index in [0.717, 1.165) is 4.57 Å². The quantitative estimate of drug-likeness (QED) is 0.633. The molecule has 7 heteroatoms. The van der Waals surface area contributed by atoms with Crippen LogP contribution in [0.15, 0.2) is 28.2 Å². The molecule has 2 aromatic heterocycles. The third kappa shape index (κ3) is 1.67.